The minimum atomic E-state index is 0.217. The molecule has 0 bridgehead atoms. The summed E-state index contributed by atoms with van der Waals surface area (Å²) >= 11 is 0. The Morgan fingerprint density at radius 3 is 2.09 bits per heavy atom. The van der Waals surface area contributed by atoms with Gasteiger partial charge < -0.3 is 4.90 Å². The first-order chi connectivity index (χ1) is 5.04. The largest absolute Gasteiger partial charge is 0.337 e. The molecular formula is C9H17NO. The van der Waals surface area contributed by atoms with Crippen LogP contribution < -0.4 is 0 Å². The lowest BCUT2D eigenvalue weighted by molar-refractivity contribution is -0.131. The summed E-state index contributed by atoms with van der Waals surface area (Å²) in [5.41, 5.74) is 0. The van der Waals surface area contributed by atoms with Crippen LogP contribution in [0.15, 0.2) is 0 Å². The van der Waals surface area contributed by atoms with Crippen LogP contribution in [0.3, 0.4) is 0 Å². The van der Waals surface area contributed by atoms with Crippen LogP contribution in [0.25, 0.3) is 0 Å². The topological polar surface area (TPSA) is 20.3 Å². The van der Waals surface area contributed by atoms with Gasteiger partial charge in [0, 0.05) is 19.0 Å². The maximum absolute atomic E-state index is 11.1. The number of carbonyl (C=O) groups is 1. The molecule has 1 fully saturated rings. The van der Waals surface area contributed by atoms with Crippen LogP contribution in [0.2, 0.25) is 0 Å². The Bertz CT molecular complexity index is 167. The van der Waals surface area contributed by atoms with Gasteiger partial charge in [-0.3, -0.25) is 4.79 Å². The Labute approximate surface area is 68.6 Å². The van der Waals surface area contributed by atoms with E-state index in [-0.39, 0.29) is 5.91 Å². The minimum Gasteiger partial charge on any atom is -0.337 e. The van der Waals surface area contributed by atoms with Crippen molar-refractivity contribution in [2.45, 2.75) is 46.2 Å². The molecule has 1 aliphatic heterocycles. The Morgan fingerprint density at radius 2 is 1.91 bits per heavy atom. The molecular weight excluding hydrogens is 138 g/mol. The van der Waals surface area contributed by atoms with Crippen molar-refractivity contribution in [1.29, 1.82) is 0 Å². The molecule has 0 spiro atoms. The van der Waals surface area contributed by atoms with Crippen LogP contribution in [-0.2, 0) is 4.79 Å². The number of hydrogen-bond donors (Lipinski definition) is 0. The lowest BCUT2D eigenvalue weighted by Crippen LogP contribution is -2.37. The summed E-state index contributed by atoms with van der Waals surface area (Å²) in [5.74, 6) is 0.878. The molecule has 3 atom stereocenters. The van der Waals surface area contributed by atoms with E-state index in [1.54, 1.807) is 6.92 Å². The van der Waals surface area contributed by atoms with E-state index in [9.17, 15) is 4.79 Å². The second-order valence-corrected chi connectivity index (χ2v) is 3.73. The van der Waals surface area contributed by atoms with Crippen molar-refractivity contribution in [1.82, 2.24) is 4.90 Å². The van der Waals surface area contributed by atoms with E-state index in [2.05, 4.69) is 20.8 Å². The van der Waals surface area contributed by atoms with Gasteiger partial charge in [0.05, 0.1) is 0 Å². The summed E-state index contributed by atoms with van der Waals surface area (Å²) in [7, 11) is 0. The van der Waals surface area contributed by atoms with Gasteiger partial charge in [-0.15, -0.1) is 0 Å². The highest BCUT2D eigenvalue weighted by Crippen LogP contribution is 2.28. The number of nitrogens with zero attached hydrogens (tertiary/aromatic N) is 1. The lowest BCUT2D eigenvalue weighted by atomic mass is 10.0. The number of rotatable bonds is 0. The van der Waals surface area contributed by atoms with Gasteiger partial charge in [-0.2, -0.15) is 0 Å². The van der Waals surface area contributed by atoms with Crippen LogP contribution in [0.4, 0.5) is 0 Å². The smallest absolute Gasteiger partial charge is 0.219 e. The molecule has 1 saturated heterocycles. The molecule has 1 rings (SSSR count). The predicted octanol–water partition coefficient (Wildman–Crippen LogP) is 1.65. The van der Waals surface area contributed by atoms with E-state index in [0.29, 0.717) is 18.0 Å². The van der Waals surface area contributed by atoms with E-state index in [1.807, 2.05) is 4.90 Å². The van der Waals surface area contributed by atoms with Gasteiger partial charge in [0.2, 0.25) is 5.91 Å². The third kappa shape index (κ3) is 1.39. The van der Waals surface area contributed by atoms with Crippen LogP contribution in [0.1, 0.15) is 34.1 Å². The van der Waals surface area contributed by atoms with E-state index in [0.717, 1.165) is 6.42 Å². The zero-order valence-corrected chi connectivity index (χ0v) is 7.79. The van der Waals surface area contributed by atoms with Crippen molar-refractivity contribution >= 4 is 5.91 Å². The second-order valence-electron chi connectivity index (χ2n) is 3.73. The van der Waals surface area contributed by atoms with Gasteiger partial charge in [-0.25, -0.2) is 0 Å². The summed E-state index contributed by atoms with van der Waals surface area (Å²) in [5, 5.41) is 0. The molecule has 11 heavy (non-hydrogen) atoms. The molecule has 2 nitrogen and oxygen atoms in total. The first-order valence-corrected chi connectivity index (χ1v) is 4.33. The Morgan fingerprint density at radius 1 is 1.36 bits per heavy atom. The van der Waals surface area contributed by atoms with Gasteiger partial charge in [0.15, 0.2) is 0 Å². The van der Waals surface area contributed by atoms with Crippen molar-refractivity contribution < 1.29 is 4.79 Å². The van der Waals surface area contributed by atoms with Gasteiger partial charge >= 0.3 is 0 Å². The van der Waals surface area contributed by atoms with Crippen molar-refractivity contribution in [3.63, 3.8) is 0 Å². The molecule has 2 heteroatoms. The van der Waals surface area contributed by atoms with Gasteiger partial charge in [0.25, 0.3) is 0 Å². The summed E-state index contributed by atoms with van der Waals surface area (Å²) in [6, 6.07) is 0.875. The van der Waals surface area contributed by atoms with Gasteiger partial charge in [-0.1, -0.05) is 6.92 Å². The third-order valence-corrected chi connectivity index (χ3v) is 2.81. The molecule has 0 radical (unpaired) electrons. The summed E-state index contributed by atoms with van der Waals surface area (Å²) in [6.07, 6.45) is 1.15. The number of carbonyl (C=O) groups excluding carboxylic acids is 1. The fourth-order valence-electron chi connectivity index (χ4n) is 2.12. The molecule has 1 aliphatic rings. The Kier molecular flexibility index (Phi) is 2.21. The van der Waals surface area contributed by atoms with Crippen LogP contribution >= 0.6 is 0 Å². The van der Waals surface area contributed by atoms with Crippen LogP contribution in [0, 0.1) is 5.92 Å². The molecule has 0 aromatic carbocycles. The highest BCUT2D eigenvalue weighted by atomic mass is 16.2. The van der Waals surface area contributed by atoms with E-state index < -0.39 is 0 Å². The van der Waals surface area contributed by atoms with Crippen molar-refractivity contribution in [3.8, 4) is 0 Å². The number of likely N-dealkylation sites (tertiary alicyclic amines) is 1. The second kappa shape index (κ2) is 2.84. The maximum atomic E-state index is 11.1. The van der Waals surface area contributed by atoms with Gasteiger partial charge in [-0.05, 0) is 26.2 Å². The third-order valence-electron chi connectivity index (χ3n) is 2.81. The van der Waals surface area contributed by atoms with E-state index in [1.165, 1.54) is 0 Å². The maximum Gasteiger partial charge on any atom is 0.219 e. The summed E-state index contributed by atoms with van der Waals surface area (Å²) in [6.45, 7) is 8.13. The molecule has 64 valence electrons. The average molecular weight is 155 g/mol. The van der Waals surface area contributed by atoms with Gasteiger partial charge in [0.1, 0.15) is 0 Å². The summed E-state index contributed by atoms with van der Waals surface area (Å²) in [4.78, 5) is 13.1. The van der Waals surface area contributed by atoms with E-state index in [4.69, 9.17) is 0 Å². The molecule has 1 amide bonds. The fourth-order valence-corrected chi connectivity index (χ4v) is 2.12. The zero-order valence-electron chi connectivity index (χ0n) is 7.79. The average Bonchev–Trinajstić information content (AvgIpc) is 2.07. The van der Waals surface area contributed by atoms with Crippen molar-refractivity contribution in [3.05, 3.63) is 0 Å². The number of hydrogen-bond acceptors (Lipinski definition) is 1. The standard InChI is InChI=1S/C9H17NO/c1-6-5-7(2)10(8(6)3)9(4)11/h6-8H,5H2,1-4H3/t6?,7-,8?/m1/s1. The van der Waals surface area contributed by atoms with Crippen LogP contribution in [-0.4, -0.2) is 22.9 Å². The Hall–Kier alpha value is -0.530. The Balaban J connectivity index is 2.71. The first kappa shape index (κ1) is 8.57. The molecule has 0 aromatic heterocycles. The monoisotopic (exact) mass is 155 g/mol. The molecule has 0 aliphatic carbocycles. The number of amides is 1. The molecule has 2 unspecified atom stereocenters. The molecule has 0 N–H and O–H groups in total. The molecule has 0 aromatic rings. The first-order valence-electron chi connectivity index (χ1n) is 4.33. The molecule has 1 heterocycles. The predicted molar refractivity (Wildman–Crippen MR) is 45.2 cm³/mol. The lowest BCUT2D eigenvalue weighted by Gasteiger charge is -2.25. The molecule has 0 saturated carbocycles. The SMILES string of the molecule is CC(=O)N1C(C)C(C)C[C@H]1C. The zero-order chi connectivity index (χ0) is 8.59. The summed E-state index contributed by atoms with van der Waals surface area (Å²) < 4.78 is 0. The fraction of sp³-hybridized carbons (Fsp3) is 0.889. The quantitative estimate of drug-likeness (QED) is 0.521. The normalized spacial score (nSPS) is 37.8. The van der Waals surface area contributed by atoms with Crippen molar-refractivity contribution in [2.24, 2.45) is 5.92 Å². The van der Waals surface area contributed by atoms with Crippen LogP contribution in [0.5, 0.6) is 0 Å². The highest BCUT2D eigenvalue weighted by molar-refractivity contribution is 5.74. The minimum absolute atomic E-state index is 0.217. The van der Waals surface area contributed by atoms with Crippen molar-refractivity contribution in [2.75, 3.05) is 0 Å². The highest BCUT2D eigenvalue weighted by Gasteiger charge is 2.34. The van der Waals surface area contributed by atoms with E-state index >= 15 is 0 Å².